The molecule has 4 atom stereocenters. The molecule has 0 aromatic heterocycles. The van der Waals surface area contributed by atoms with Crippen molar-refractivity contribution in [1.29, 1.82) is 0 Å². The van der Waals surface area contributed by atoms with Gasteiger partial charge in [-0.05, 0) is 50.4 Å². The molecule has 110 valence electrons. The molecule has 0 aromatic carbocycles. The van der Waals surface area contributed by atoms with E-state index in [0.29, 0.717) is 36.2 Å². The first-order valence-electron chi connectivity index (χ1n) is 7.96. The van der Waals surface area contributed by atoms with Gasteiger partial charge in [-0.25, -0.2) is 0 Å². The van der Waals surface area contributed by atoms with Crippen molar-refractivity contribution >= 4 is 11.6 Å². The first-order chi connectivity index (χ1) is 9.69. The van der Waals surface area contributed by atoms with Crippen molar-refractivity contribution in [2.75, 3.05) is 0 Å². The van der Waals surface area contributed by atoms with Gasteiger partial charge in [-0.3, -0.25) is 9.59 Å². The lowest BCUT2D eigenvalue weighted by Gasteiger charge is -2.40. The number of allylic oxidation sites excluding steroid dienone is 2. The Hall–Kier alpha value is -1.18. The van der Waals surface area contributed by atoms with Crippen molar-refractivity contribution in [3.05, 3.63) is 25.3 Å². The zero-order valence-electron chi connectivity index (χ0n) is 12.4. The van der Waals surface area contributed by atoms with Gasteiger partial charge in [0.25, 0.3) is 0 Å². The second kappa shape index (κ2) is 7.01. The van der Waals surface area contributed by atoms with E-state index in [1.54, 1.807) is 0 Å². The molecule has 0 unspecified atom stereocenters. The van der Waals surface area contributed by atoms with Crippen LogP contribution in [0.15, 0.2) is 25.3 Å². The average molecular weight is 274 g/mol. The van der Waals surface area contributed by atoms with Crippen molar-refractivity contribution in [3.8, 4) is 0 Å². The van der Waals surface area contributed by atoms with Crippen molar-refractivity contribution < 1.29 is 9.59 Å². The molecule has 2 aliphatic rings. The first kappa shape index (κ1) is 15.2. The summed E-state index contributed by atoms with van der Waals surface area (Å²) in [5.74, 6) is 1.18. The molecule has 2 rings (SSSR count). The number of hydrogen-bond acceptors (Lipinski definition) is 2. The maximum atomic E-state index is 12.5. The van der Waals surface area contributed by atoms with Gasteiger partial charge >= 0.3 is 0 Å². The third kappa shape index (κ3) is 3.11. The minimum absolute atomic E-state index is 0.0560. The molecule has 0 aliphatic heterocycles. The molecule has 2 saturated carbocycles. The van der Waals surface area contributed by atoms with Crippen LogP contribution in [0.3, 0.4) is 0 Å². The fourth-order valence-electron chi connectivity index (χ4n) is 4.24. The summed E-state index contributed by atoms with van der Waals surface area (Å²) in [4.78, 5) is 24.9. The highest BCUT2D eigenvalue weighted by Gasteiger charge is 2.44. The summed E-state index contributed by atoms with van der Waals surface area (Å²) in [5.41, 5.74) is 0. The third-order valence-electron chi connectivity index (χ3n) is 5.08. The van der Waals surface area contributed by atoms with Gasteiger partial charge in [-0.2, -0.15) is 0 Å². The number of hydrogen-bond donors (Lipinski definition) is 0. The number of rotatable bonds is 5. The van der Waals surface area contributed by atoms with E-state index in [2.05, 4.69) is 13.2 Å². The summed E-state index contributed by atoms with van der Waals surface area (Å²) in [6, 6.07) is 0. The Bertz CT molecular complexity index is 358. The van der Waals surface area contributed by atoms with Crippen LogP contribution in [0.25, 0.3) is 0 Å². The molecule has 20 heavy (non-hydrogen) atoms. The fraction of sp³-hybridized carbons (Fsp3) is 0.667. The molecule has 0 radical (unpaired) electrons. The molecule has 0 N–H and O–H groups in total. The molecule has 2 aliphatic carbocycles. The summed E-state index contributed by atoms with van der Waals surface area (Å²) in [5, 5.41) is 0. The summed E-state index contributed by atoms with van der Waals surface area (Å²) in [6.45, 7) is 7.64. The lowest BCUT2D eigenvalue weighted by molar-refractivity contribution is -0.140. The molecule has 2 heteroatoms. The number of carbonyl (C=O) groups is 2. The van der Waals surface area contributed by atoms with E-state index in [1.165, 1.54) is 0 Å². The SMILES string of the molecule is C=CC[C@@H]1CCCC(=O)[C@H]1[C@@H]1C(=O)CCC[C@H]1CC=C. The molecular weight excluding hydrogens is 248 g/mol. The van der Waals surface area contributed by atoms with Crippen molar-refractivity contribution in [1.82, 2.24) is 0 Å². The van der Waals surface area contributed by atoms with Crippen LogP contribution < -0.4 is 0 Å². The lowest BCUT2D eigenvalue weighted by atomic mass is 9.62. The quantitative estimate of drug-likeness (QED) is 0.707. The Kier molecular flexibility index (Phi) is 5.33. The van der Waals surface area contributed by atoms with Crippen LogP contribution in [0.2, 0.25) is 0 Å². The Morgan fingerprint density at radius 1 is 0.850 bits per heavy atom. The minimum Gasteiger partial charge on any atom is -0.299 e. The van der Waals surface area contributed by atoms with E-state index in [1.807, 2.05) is 12.2 Å². The maximum Gasteiger partial charge on any atom is 0.136 e. The van der Waals surface area contributed by atoms with Crippen LogP contribution in [0, 0.1) is 23.7 Å². The average Bonchev–Trinajstić information content (AvgIpc) is 2.42. The molecule has 2 fully saturated rings. The lowest BCUT2D eigenvalue weighted by Crippen LogP contribution is -2.43. The van der Waals surface area contributed by atoms with Crippen molar-refractivity contribution in [2.24, 2.45) is 23.7 Å². The van der Waals surface area contributed by atoms with Gasteiger partial charge in [0, 0.05) is 24.7 Å². The summed E-state index contributed by atoms with van der Waals surface area (Å²) >= 11 is 0. The van der Waals surface area contributed by atoms with Gasteiger partial charge in [0.2, 0.25) is 0 Å². The summed E-state index contributed by atoms with van der Waals surface area (Å²) in [6.07, 6.45) is 10.9. The van der Waals surface area contributed by atoms with E-state index in [4.69, 9.17) is 0 Å². The second-order valence-corrected chi connectivity index (χ2v) is 6.34. The monoisotopic (exact) mass is 274 g/mol. The van der Waals surface area contributed by atoms with E-state index >= 15 is 0 Å². The molecule has 0 heterocycles. The third-order valence-corrected chi connectivity index (χ3v) is 5.08. The number of ketones is 2. The number of Topliss-reactive ketones (excluding diaryl/α,β-unsaturated/α-hetero) is 2. The molecule has 2 nitrogen and oxygen atoms in total. The van der Waals surface area contributed by atoms with E-state index in [-0.39, 0.29) is 11.8 Å². The summed E-state index contributed by atoms with van der Waals surface area (Å²) < 4.78 is 0. The van der Waals surface area contributed by atoms with Crippen LogP contribution in [0.1, 0.15) is 51.4 Å². The van der Waals surface area contributed by atoms with E-state index in [9.17, 15) is 9.59 Å². The highest BCUT2D eigenvalue weighted by Crippen LogP contribution is 2.43. The topological polar surface area (TPSA) is 34.1 Å². The fourth-order valence-corrected chi connectivity index (χ4v) is 4.24. The van der Waals surface area contributed by atoms with Crippen molar-refractivity contribution in [3.63, 3.8) is 0 Å². The molecule has 0 bridgehead atoms. The molecule has 0 spiro atoms. The van der Waals surface area contributed by atoms with Crippen LogP contribution >= 0.6 is 0 Å². The highest BCUT2D eigenvalue weighted by molar-refractivity contribution is 5.91. The number of carbonyl (C=O) groups excluding carboxylic acids is 2. The Balaban J connectivity index is 2.25. The molecule has 0 saturated heterocycles. The maximum absolute atomic E-state index is 12.5. The minimum atomic E-state index is -0.0560. The summed E-state index contributed by atoms with van der Waals surface area (Å²) in [7, 11) is 0. The van der Waals surface area contributed by atoms with Crippen LogP contribution in [0.5, 0.6) is 0 Å². The normalized spacial score (nSPS) is 34.8. The van der Waals surface area contributed by atoms with Gasteiger partial charge in [-0.1, -0.05) is 12.2 Å². The molecule has 0 aromatic rings. The van der Waals surface area contributed by atoms with Crippen molar-refractivity contribution in [2.45, 2.75) is 51.4 Å². The van der Waals surface area contributed by atoms with E-state index < -0.39 is 0 Å². The predicted octanol–water partition coefficient (Wildman–Crippen LogP) is 4.11. The van der Waals surface area contributed by atoms with Gasteiger partial charge in [0.05, 0.1) is 0 Å². The zero-order chi connectivity index (χ0) is 14.5. The van der Waals surface area contributed by atoms with Gasteiger partial charge < -0.3 is 0 Å². The smallest absolute Gasteiger partial charge is 0.136 e. The predicted molar refractivity (Wildman–Crippen MR) is 81.3 cm³/mol. The van der Waals surface area contributed by atoms with Crippen LogP contribution in [-0.2, 0) is 9.59 Å². The molecular formula is C18H26O2. The van der Waals surface area contributed by atoms with E-state index in [0.717, 1.165) is 38.5 Å². The van der Waals surface area contributed by atoms with Crippen LogP contribution in [-0.4, -0.2) is 11.6 Å². The standard InChI is InChI=1S/C18H26O2/c1-3-7-13-9-5-11-15(19)17(13)18-14(8-4-2)10-6-12-16(18)20/h3-4,13-14,17-18H,1-2,5-12H2/t13-,14-,17+,18+/m1/s1. The van der Waals surface area contributed by atoms with Gasteiger partial charge in [0.1, 0.15) is 11.6 Å². The van der Waals surface area contributed by atoms with Gasteiger partial charge in [-0.15, -0.1) is 13.2 Å². The Labute approximate surface area is 122 Å². The Morgan fingerprint density at radius 3 is 1.60 bits per heavy atom. The zero-order valence-corrected chi connectivity index (χ0v) is 12.4. The Morgan fingerprint density at radius 2 is 1.25 bits per heavy atom. The van der Waals surface area contributed by atoms with Gasteiger partial charge in [0.15, 0.2) is 0 Å². The highest BCUT2D eigenvalue weighted by atomic mass is 16.1. The first-order valence-corrected chi connectivity index (χ1v) is 7.96. The second-order valence-electron chi connectivity index (χ2n) is 6.34. The largest absolute Gasteiger partial charge is 0.299 e. The molecule has 0 amide bonds. The van der Waals surface area contributed by atoms with Crippen LogP contribution in [0.4, 0.5) is 0 Å².